The molecule has 3 N–H and O–H groups in total. The van der Waals surface area contributed by atoms with Gasteiger partial charge in [-0.25, -0.2) is 4.98 Å². The molecule has 1 aromatic rings. The number of aryl methyl sites for hydroxylation is 1. The molecule has 20 heavy (non-hydrogen) atoms. The van der Waals surface area contributed by atoms with Crippen LogP contribution in [-0.4, -0.2) is 11.5 Å². The van der Waals surface area contributed by atoms with Gasteiger partial charge >= 0.3 is 0 Å². The highest BCUT2D eigenvalue weighted by atomic mass is 35.5. The van der Waals surface area contributed by atoms with Crippen molar-refractivity contribution < 1.29 is 0 Å². The molecule has 4 heteroatoms. The summed E-state index contributed by atoms with van der Waals surface area (Å²) in [7, 11) is 0. The first-order valence-electron chi connectivity index (χ1n) is 7.84. The number of aromatic nitrogens is 1. The molecule has 1 atom stereocenters. The van der Waals surface area contributed by atoms with E-state index in [9.17, 15) is 0 Å². The Morgan fingerprint density at radius 1 is 1.30 bits per heavy atom. The summed E-state index contributed by atoms with van der Waals surface area (Å²) in [6, 6.07) is 0. The van der Waals surface area contributed by atoms with Crippen LogP contribution in [-0.2, 0) is 12.8 Å². The first kappa shape index (κ1) is 15.4. The summed E-state index contributed by atoms with van der Waals surface area (Å²) < 4.78 is 0. The summed E-state index contributed by atoms with van der Waals surface area (Å²) in [6.45, 7) is 5.50. The molecule has 1 unspecified atom stereocenters. The second-order valence-electron chi connectivity index (χ2n) is 5.93. The van der Waals surface area contributed by atoms with Crippen LogP contribution >= 0.6 is 11.6 Å². The van der Waals surface area contributed by atoms with E-state index < -0.39 is 0 Å². The van der Waals surface area contributed by atoms with E-state index in [2.05, 4.69) is 24.1 Å². The number of fused-ring (bicyclic) bond motifs is 1. The van der Waals surface area contributed by atoms with Crippen LogP contribution in [0.4, 0.5) is 11.4 Å². The molecule has 3 nitrogen and oxygen atoms in total. The predicted molar refractivity (Wildman–Crippen MR) is 87.5 cm³/mol. The van der Waals surface area contributed by atoms with Crippen molar-refractivity contribution in [1.29, 1.82) is 0 Å². The second kappa shape index (κ2) is 7.16. The molecule has 0 radical (unpaired) electrons. The highest BCUT2D eigenvalue weighted by Gasteiger charge is 2.19. The third kappa shape index (κ3) is 3.57. The van der Waals surface area contributed by atoms with Crippen molar-refractivity contribution in [3.8, 4) is 0 Å². The fraction of sp³-hybridized carbons (Fsp3) is 0.688. The molecule has 0 spiro atoms. The van der Waals surface area contributed by atoms with Crippen LogP contribution in [0.3, 0.4) is 0 Å². The van der Waals surface area contributed by atoms with Gasteiger partial charge in [-0.15, -0.1) is 0 Å². The van der Waals surface area contributed by atoms with Gasteiger partial charge in [-0.3, -0.25) is 0 Å². The van der Waals surface area contributed by atoms with Gasteiger partial charge in [0, 0.05) is 12.2 Å². The van der Waals surface area contributed by atoms with Gasteiger partial charge in [-0.1, -0.05) is 38.3 Å². The maximum atomic E-state index is 6.17. The molecule has 0 saturated carbocycles. The average Bonchev–Trinajstić information content (AvgIpc) is 2.43. The Kier molecular flexibility index (Phi) is 5.53. The number of hydrogen-bond acceptors (Lipinski definition) is 3. The van der Waals surface area contributed by atoms with Crippen molar-refractivity contribution in [2.75, 3.05) is 17.6 Å². The third-order valence-electron chi connectivity index (χ3n) is 4.19. The monoisotopic (exact) mass is 295 g/mol. The lowest BCUT2D eigenvalue weighted by Gasteiger charge is -2.22. The van der Waals surface area contributed by atoms with Gasteiger partial charge in [-0.05, 0) is 43.6 Å². The van der Waals surface area contributed by atoms with E-state index in [0.717, 1.165) is 36.7 Å². The molecule has 0 aliphatic heterocycles. The summed E-state index contributed by atoms with van der Waals surface area (Å²) in [5.41, 5.74) is 10.2. The minimum atomic E-state index is 0.453. The van der Waals surface area contributed by atoms with E-state index in [4.69, 9.17) is 17.3 Å². The van der Waals surface area contributed by atoms with E-state index in [-0.39, 0.29) is 0 Å². The first-order valence-corrected chi connectivity index (χ1v) is 8.21. The van der Waals surface area contributed by atoms with Crippen LogP contribution in [0.25, 0.3) is 0 Å². The quantitative estimate of drug-likeness (QED) is 0.763. The van der Waals surface area contributed by atoms with Gasteiger partial charge in [0.2, 0.25) is 0 Å². The molecule has 1 aromatic heterocycles. The number of halogens is 1. The van der Waals surface area contributed by atoms with Crippen molar-refractivity contribution in [1.82, 2.24) is 4.98 Å². The van der Waals surface area contributed by atoms with Gasteiger partial charge in [0.25, 0.3) is 0 Å². The average molecular weight is 296 g/mol. The Bertz CT molecular complexity index is 460. The van der Waals surface area contributed by atoms with Crippen molar-refractivity contribution in [3.63, 3.8) is 0 Å². The zero-order chi connectivity index (χ0) is 14.5. The normalized spacial score (nSPS) is 15.8. The summed E-state index contributed by atoms with van der Waals surface area (Å²) >= 11 is 6.17. The number of hydrogen-bond donors (Lipinski definition) is 2. The predicted octanol–water partition coefficient (Wildman–Crippen LogP) is 4.43. The molecule has 0 bridgehead atoms. The fourth-order valence-corrected chi connectivity index (χ4v) is 3.21. The molecular weight excluding hydrogens is 270 g/mol. The molecule has 1 aliphatic rings. The Balaban J connectivity index is 2.08. The summed E-state index contributed by atoms with van der Waals surface area (Å²) in [5, 5.41) is 3.98. The minimum Gasteiger partial charge on any atom is -0.395 e. The largest absolute Gasteiger partial charge is 0.395 e. The van der Waals surface area contributed by atoms with Crippen LogP contribution < -0.4 is 11.1 Å². The van der Waals surface area contributed by atoms with Crippen LogP contribution in [0.15, 0.2) is 0 Å². The zero-order valence-electron chi connectivity index (χ0n) is 12.6. The van der Waals surface area contributed by atoms with E-state index >= 15 is 0 Å². The number of anilines is 2. The van der Waals surface area contributed by atoms with Gasteiger partial charge in [0.05, 0.1) is 11.4 Å². The Morgan fingerprint density at radius 3 is 2.80 bits per heavy atom. The van der Waals surface area contributed by atoms with Crippen LogP contribution in [0.1, 0.15) is 57.2 Å². The second-order valence-corrected chi connectivity index (χ2v) is 6.29. The van der Waals surface area contributed by atoms with Gasteiger partial charge in [0.1, 0.15) is 0 Å². The van der Waals surface area contributed by atoms with Gasteiger partial charge < -0.3 is 11.1 Å². The van der Waals surface area contributed by atoms with E-state index in [1.165, 1.54) is 37.7 Å². The zero-order valence-corrected chi connectivity index (χ0v) is 13.4. The molecule has 2 rings (SSSR count). The molecular formula is C16H26ClN3. The molecule has 1 heterocycles. The van der Waals surface area contributed by atoms with Crippen molar-refractivity contribution >= 4 is 23.0 Å². The Labute approximate surface area is 127 Å². The molecule has 0 aromatic carbocycles. The topological polar surface area (TPSA) is 50.9 Å². The van der Waals surface area contributed by atoms with Gasteiger partial charge in [-0.2, -0.15) is 0 Å². The highest BCUT2D eigenvalue weighted by molar-refractivity contribution is 6.32. The van der Waals surface area contributed by atoms with Crippen molar-refractivity contribution in [3.05, 3.63) is 16.4 Å². The third-order valence-corrected chi connectivity index (χ3v) is 4.47. The highest BCUT2D eigenvalue weighted by Crippen LogP contribution is 2.35. The molecule has 0 saturated heterocycles. The standard InChI is InChI=1S/C16H26ClN3/c1-3-6-11(2)9-10-19-15-12-7-4-5-8-13(12)20-16(17)14(15)18/h11H,3-10,18H2,1-2H3,(H,19,20). The van der Waals surface area contributed by atoms with Crippen molar-refractivity contribution in [2.24, 2.45) is 5.92 Å². The summed E-state index contributed by atoms with van der Waals surface area (Å²) in [4.78, 5) is 4.45. The first-order chi connectivity index (χ1) is 9.63. The maximum Gasteiger partial charge on any atom is 0.154 e. The number of rotatable bonds is 6. The summed E-state index contributed by atoms with van der Waals surface area (Å²) in [6.07, 6.45) is 8.21. The molecule has 1 aliphatic carbocycles. The van der Waals surface area contributed by atoms with Gasteiger partial charge in [0.15, 0.2) is 5.15 Å². The number of nitrogens with two attached hydrogens (primary N) is 1. The maximum absolute atomic E-state index is 6.17. The van der Waals surface area contributed by atoms with E-state index in [0.29, 0.717) is 10.8 Å². The molecule has 112 valence electrons. The number of nitrogens with zero attached hydrogens (tertiary/aromatic N) is 1. The van der Waals surface area contributed by atoms with Crippen molar-refractivity contribution in [2.45, 2.75) is 58.8 Å². The molecule has 0 amide bonds. The lowest BCUT2D eigenvalue weighted by molar-refractivity contribution is 0.499. The SMILES string of the molecule is CCCC(C)CCNc1c(N)c(Cl)nc2c1CCCC2. The van der Waals surface area contributed by atoms with E-state index in [1.54, 1.807) is 0 Å². The van der Waals surface area contributed by atoms with Crippen LogP contribution in [0.2, 0.25) is 5.15 Å². The fourth-order valence-electron chi connectivity index (χ4n) is 3.01. The lowest BCUT2D eigenvalue weighted by Crippen LogP contribution is -2.15. The Hall–Kier alpha value is -0.960. The number of pyridine rings is 1. The Morgan fingerprint density at radius 2 is 2.05 bits per heavy atom. The van der Waals surface area contributed by atoms with Crippen LogP contribution in [0, 0.1) is 5.92 Å². The van der Waals surface area contributed by atoms with Crippen LogP contribution in [0.5, 0.6) is 0 Å². The molecule has 0 fully saturated rings. The van der Waals surface area contributed by atoms with E-state index in [1.807, 2.05) is 0 Å². The summed E-state index contributed by atoms with van der Waals surface area (Å²) in [5.74, 6) is 0.752. The smallest absolute Gasteiger partial charge is 0.154 e. The minimum absolute atomic E-state index is 0.453. The number of nitrogens with one attached hydrogen (secondary N) is 1. The number of nitrogen functional groups attached to an aromatic ring is 1. The lowest BCUT2D eigenvalue weighted by atomic mass is 9.94.